The van der Waals surface area contributed by atoms with E-state index >= 15 is 0 Å². The molecule has 3 heteroatoms. The normalized spacial score (nSPS) is 36.7. The summed E-state index contributed by atoms with van der Waals surface area (Å²) in [5.41, 5.74) is 3.00. The maximum Gasteiger partial charge on any atom is 0.115 e. The smallest absolute Gasteiger partial charge is 0.115 e. The van der Waals surface area contributed by atoms with Crippen LogP contribution in [0.1, 0.15) is 61.6 Å². The first kappa shape index (κ1) is 17.9. The first-order chi connectivity index (χ1) is 13.5. The Morgan fingerprint density at radius 1 is 1.14 bits per heavy atom. The molecule has 2 aromatic rings. The maximum absolute atomic E-state index is 11.7. The quantitative estimate of drug-likeness (QED) is 0.769. The van der Waals surface area contributed by atoms with Crippen LogP contribution in [0.4, 0.5) is 0 Å². The third-order valence-corrected chi connectivity index (χ3v) is 8.16. The minimum atomic E-state index is -0.742. The molecular weight excluding hydrogens is 346 g/mol. The second-order valence-corrected chi connectivity index (χ2v) is 9.34. The zero-order valence-corrected chi connectivity index (χ0v) is 16.5. The molecule has 5 atom stereocenters. The molecule has 2 fully saturated rings. The number of hydrogen-bond donors (Lipinski definition) is 2. The number of rotatable bonds is 2. The standard InChI is InChI=1S/C25H29NO2/c1-24-11-9-21-20-7-5-19(27)15-18(20)4-6-22(21)23(24)10-13-25(24,28)12-8-17-3-2-14-26-16-17/h2-3,5,7-8,12,14-16,21-23,27-28H,4,6,9-11,13H2,1H3/b12-8+. The number of nitrogens with zero attached hydrogens (tertiary/aromatic N) is 1. The van der Waals surface area contributed by atoms with Crippen molar-refractivity contribution in [3.63, 3.8) is 0 Å². The summed E-state index contributed by atoms with van der Waals surface area (Å²) >= 11 is 0. The lowest BCUT2D eigenvalue weighted by atomic mass is 9.53. The van der Waals surface area contributed by atoms with Crippen LogP contribution < -0.4 is 0 Å². The lowest BCUT2D eigenvalue weighted by Crippen LogP contribution is -2.49. The Kier molecular flexibility index (Phi) is 4.13. The molecule has 28 heavy (non-hydrogen) atoms. The number of aryl methyl sites for hydroxylation is 1. The fraction of sp³-hybridized carbons (Fsp3) is 0.480. The fourth-order valence-corrected chi connectivity index (χ4v) is 6.60. The van der Waals surface area contributed by atoms with E-state index < -0.39 is 5.60 Å². The summed E-state index contributed by atoms with van der Waals surface area (Å²) < 4.78 is 0. The van der Waals surface area contributed by atoms with Crippen LogP contribution in [0.25, 0.3) is 6.08 Å². The Morgan fingerprint density at radius 2 is 2.04 bits per heavy atom. The number of pyridine rings is 1. The van der Waals surface area contributed by atoms with Gasteiger partial charge in [0.25, 0.3) is 0 Å². The maximum atomic E-state index is 11.7. The molecule has 1 heterocycles. The van der Waals surface area contributed by atoms with Gasteiger partial charge in [-0.2, -0.15) is 0 Å². The fourth-order valence-electron chi connectivity index (χ4n) is 6.60. The Balaban J connectivity index is 1.44. The van der Waals surface area contributed by atoms with E-state index in [1.54, 1.807) is 6.20 Å². The average Bonchev–Trinajstić information content (AvgIpc) is 2.98. The predicted octanol–water partition coefficient (Wildman–Crippen LogP) is 5.09. The number of aromatic hydroxyl groups is 1. The molecule has 3 aliphatic rings. The SMILES string of the molecule is CC12CCC3c4ccc(O)cc4CCC3C1CCC2(O)/C=C/c1cccnc1. The van der Waals surface area contributed by atoms with Crippen molar-refractivity contribution in [1.82, 2.24) is 4.98 Å². The molecule has 5 rings (SSSR count). The van der Waals surface area contributed by atoms with E-state index in [0.29, 0.717) is 23.5 Å². The van der Waals surface area contributed by atoms with E-state index in [9.17, 15) is 10.2 Å². The highest BCUT2D eigenvalue weighted by molar-refractivity contribution is 5.50. The molecule has 1 aromatic heterocycles. The van der Waals surface area contributed by atoms with E-state index in [0.717, 1.165) is 37.7 Å². The molecule has 3 aliphatic carbocycles. The summed E-state index contributed by atoms with van der Waals surface area (Å²) in [7, 11) is 0. The summed E-state index contributed by atoms with van der Waals surface area (Å²) in [6.07, 6.45) is 14.1. The second kappa shape index (κ2) is 6.45. The van der Waals surface area contributed by atoms with Crippen molar-refractivity contribution in [2.45, 2.75) is 57.0 Å². The minimum Gasteiger partial charge on any atom is -0.508 e. The zero-order chi connectivity index (χ0) is 19.4. The Bertz CT molecular complexity index is 908. The van der Waals surface area contributed by atoms with Crippen molar-refractivity contribution in [2.75, 3.05) is 0 Å². The Hall–Kier alpha value is -2.13. The van der Waals surface area contributed by atoms with Gasteiger partial charge in [0.15, 0.2) is 0 Å². The van der Waals surface area contributed by atoms with Crippen LogP contribution in [0.2, 0.25) is 0 Å². The van der Waals surface area contributed by atoms with Crippen molar-refractivity contribution in [3.8, 4) is 5.75 Å². The van der Waals surface area contributed by atoms with E-state index in [2.05, 4.69) is 24.1 Å². The molecule has 5 unspecified atom stereocenters. The van der Waals surface area contributed by atoms with E-state index in [-0.39, 0.29) is 5.41 Å². The minimum absolute atomic E-state index is 0.0682. The van der Waals surface area contributed by atoms with Gasteiger partial charge in [-0.05, 0) is 91.2 Å². The number of fused-ring (bicyclic) bond motifs is 5. The number of aromatic nitrogens is 1. The summed E-state index contributed by atoms with van der Waals surface area (Å²) in [5, 5.41) is 21.5. The van der Waals surface area contributed by atoms with Crippen LogP contribution in [0, 0.1) is 17.3 Å². The van der Waals surface area contributed by atoms with Gasteiger partial charge in [-0.15, -0.1) is 0 Å². The van der Waals surface area contributed by atoms with E-state index in [4.69, 9.17) is 0 Å². The van der Waals surface area contributed by atoms with Crippen molar-refractivity contribution in [3.05, 3.63) is 65.5 Å². The number of benzene rings is 1. The van der Waals surface area contributed by atoms with Gasteiger partial charge in [0.2, 0.25) is 0 Å². The molecule has 2 N–H and O–H groups in total. The van der Waals surface area contributed by atoms with Crippen molar-refractivity contribution < 1.29 is 10.2 Å². The van der Waals surface area contributed by atoms with Gasteiger partial charge >= 0.3 is 0 Å². The van der Waals surface area contributed by atoms with Crippen molar-refractivity contribution in [1.29, 1.82) is 0 Å². The molecule has 0 radical (unpaired) electrons. The number of aliphatic hydroxyl groups is 1. The molecular formula is C25H29NO2. The van der Waals surface area contributed by atoms with Gasteiger partial charge in [0.05, 0.1) is 5.60 Å². The van der Waals surface area contributed by atoms with Gasteiger partial charge in [-0.25, -0.2) is 0 Å². The first-order valence-corrected chi connectivity index (χ1v) is 10.6. The molecule has 0 saturated heterocycles. The highest BCUT2D eigenvalue weighted by atomic mass is 16.3. The highest BCUT2D eigenvalue weighted by Crippen LogP contribution is 2.64. The monoisotopic (exact) mass is 375 g/mol. The third kappa shape index (κ3) is 2.63. The van der Waals surface area contributed by atoms with Crippen LogP contribution in [0.3, 0.4) is 0 Å². The van der Waals surface area contributed by atoms with Gasteiger partial charge < -0.3 is 10.2 Å². The summed E-state index contributed by atoms with van der Waals surface area (Å²) in [5.74, 6) is 2.15. The molecule has 1 aromatic carbocycles. The third-order valence-electron chi connectivity index (χ3n) is 8.16. The van der Waals surface area contributed by atoms with Crippen molar-refractivity contribution in [2.24, 2.45) is 17.3 Å². The van der Waals surface area contributed by atoms with E-state index in [1.807, 2.05) is 36.5 Å². The van der Waals surface area contributed by atoms with Gasteiger partial charge in [-0.1, -0.05) is 31.2 Å². The molecule has 0 amide bonds. The Morgan fingerprint density at radius 3 is 2.86 bits per heavy atom. The zero-order valence-electron chi connectivity index (χ0n) is 16.5. The first-order valence-electron chi connectivity index (χ1n) is 10.6. The topological polar surface area (TPSA) is 53.4 Å². The molecule has 146 valence electrons. The lowest BCUT2D eigenvalue weighted by molar-refractivity contribution is -0.0705. The summed E-state index contributed by atoms with van der Waals surface area (Å²) in [4.78, 5) is 4.18. The van der Waals surface area contributed by atoms with Crippen LogP contribution in [0.15, 0.2) is 48.8 Å². The average molecular weight is 376 g/mol. The van der Waals surface area contributed by atoms with Crippen LogP contribution in [-0.4, -0.2) is 20.8 Å². The van der Waals surface area contributed by atoms with Crippen LogP contribution in [-0.2, 0) is 6.42 Å². The van der Waals surface area contributed by atoms with Gasteiger partial charge in [0.1, 0.15) is 5.75 Å². The number of phenols is 1. The highest BCUT2D eigenvalue weighted by Gasteiger charge is 2.60. The van der Waals surface area contributed by atoms with E-state index in [1.165, 1.54) is 17.5 Å². The largest absolute Gasteiger partial charge is 0.508 e. The number of hydrogen-bond acceptors (Lipinski definition) is 3. The van der Waals surface area contributed by atoms with Gasteiger partial charge in [0, 0.05) is 17.8 Å². The summed E-state index contributed by atoms with van der Waals surface area (Å²) in [6, 6.07) is 9.92. The number of phenolic OH excluding ortho intramolecular Hbond substituents is 1. The van der Waals surface area contributed by atoms with Crippen molar-refractivity contribution >= 4 is 6.08 Å². The molecule has 0 bridgehead atoms. The van der Waals surface area contributed by atoms with Crippen LogP contribution >= 0.6 is 0 Å². The summed E-state index contributed by atoms with van der Waals surface area (Å²) in [6.45, 7) is 2.32. The second-order valence-electron chi connectivity index (χ2n) is 9.34. The predicted molar refractivity (Wildman–Crippen MR) is 111 cm³/mol. The van der Waals surface area contributed by atoms with Gasteiger partial charge in [-0.3, -0.25) is 4.98 Å². The Labute approximate surface area is 167 Å². The lowest BCUT2D eigenvalue weighted by Gasteiger charge is -2.52. The van der Waals surface area contributed by atoms with Crippen LogP contribution in [0.5, 0.6) is 5.75 Å². The molecule has 3 nitrogen and oxygen atoms in total. The molecule has 0 aliphatic heterocycles. The molecule has 2 saturated carbocycles. The molecule has 0 spiro atoms.